The zero-order chi connectivity index (χ0) is 15.9. The van der Waals surface area contributed by atoms with Crippen molar-refractivity contribution in [3.05, 3.63) is 34.5 Å². The van der Waals surface area contributed by atoms with Crippen molar-refractivity contribution in [2.45, 2.75) is 13.5 Å². The number of aromatic hydroxyl groups is 1. The first kappa shape index (κ1) is 14.3. The van der Waals surface area contributed by atoms with Crippen LogP contribution in [0.25, 0.3) is 0 Å². The zero-order valence-electron chi connectivity index (χ0n) is 11.9. The van der Waals surface area contributed by atoms with Crippen LogP contribution in [0.1, 0.15) is 6.92 Å². The molecular weight excluding hydrogens is 308 g/mol. The minimum Gasteiger partial charge on any atom is -0.504 e. The standard InChI is InChI=1S/C13H13ClN6O2/c1-7-8(6-20-13(19(7)2)16-17-18-20)12(22)15-10-5-3-4-9(14)11(10)21/h3-5,21H,6H2,1-2H3,(H,15,22). The van der Waals surface area contributed by atoms with Gasteiger partial charge < -0.3 is 15.3 Å². The van der Waals surface area contributed by atoms with E-state index in [2.05, 4.69) is 20.8 Å². The van der Waals surface area contributed by atoms with Crippen LogP contribution in [0.15, 0.2) is 29.5 Å². The molecule has 2 aromatic rings. The fraction of sp³-hybridized carbons (Fsp3) is 0.231. The summed E-state index contributed by atoms with van der Waals surface area (Å²) in [6.07, 6.45) is 0. The number of nitrogens with one attached hydrogen (secondary N) is 1. The molecule has 1 aromatic carbocycles. The lowest BCUT2D eigenvalue weighted by molar-refractivity contribution is -0.113. The lowest BCUT2D eigenvalue weighted by atomic mass is 10.1. The SMILES string of the molecule is CC1=C(C(=O)Nc2cccc(Cl)c2O)Cn2nnnc2N1C. The largest absolute Gasteiger partial charge is 0.504 e. The topological polar surface area (TPSA) is 96.2 Å². The quantitative estimate of drug-likeness (QED) is 0.812. The van der Waals surface area contributed by atoms with Gasteiger partial charge in [0, 0.05) is 12.7 Å². The van der Waals surface area contributed by atoms with Crippen molar-refractivity contribution in [1.29, 1.82) is 0 Å². The van der Waals surface area contributed by atoms with Gasteiger partial charge in [-0.1, -0.05) is 22.8 Å². The number of amides is 1. The normalized spacial score (nSPS) is 14.0. The van der Waals surface area contributed by atoms with E-state index >= 15 is 0 Å². The molecule has 2 heterocycles. The molecule has 2 N–H and O–H groups in total. The lowest BCUT2D eigenvalue weighted by Gasteiger charge is -2.26. The van der Waals surface area contributed by atoms with Gasteiger partial charge in [-0.15, -0.1) is 0 Å². The second-order valence-electron chi connectivity index (χ2n) is 4.85. The number of tetrazole rings is 1. The summed E-state index contributed by atoms with van der Waals surface area (Å²) in [5.41, 5.74) is 1.49. The van der Waals surface area contributed by atoms with E-state index < -0.39 is 0 Å². The maximum absolute atomic E-state index is 12.5. The lowest BCUT2D eigenvalue weighted by Crippen LogP contribution is -2.32. The number of phenolic OH excluding ortho intramolecular Hbond substituents is 1. The van der Waals surface area contributed by atoms with Crippen molar-refractivity contribution in [3.8, 4) is 5.75 Å². The number of phenols is 1. The zero-order valence-corrected chi connectivity index (χ0v) is 12.7. The van der Waals surface area contributed by atoms with Gasteiger partial charge in [-0.2, -0.15) is 0 Å². The number of rotatable bonds is 2. The Morgan fingerprint density at radius 3 is 3.00 bits per heavy atom. The molecule has 9 heteroatoms. The summed E-state index contributed by atoms with van der Waals surface area (Å²) in [6, 6.07) is 4.76. The number of allylic oxidation sites excluding steroid dienone is 1. The molecule has 1 aliphatic heterocycles. The van der Waals surface area contributed by atoms with E-state index in [-0.39, 0.29) is 28.9 Å². The van der Waals surface area contributed by atoms with Crippen molar-refractivity contribution in [2.75, 3.05) is 17.3 Å². The molecule has 0 unspecified atom stereocenters. The fourth-order valence-corrected chi connectivity index (χ4v) is 2.38. The number of aromatic nitrogens is 4. The Kier molecular flexibility index (Phi) is 3.45. The maximum atomic E-state index is 12.5. The summed E-state index contributed by atoms with van der Waals surface area (Å²) in [4.78, 5) is 14.2. The van der Waals surface area contributed by atoms with E-state index in [1.807, 2.05) is 6.92 Å². The first-order chi connectivity index (χ1) is 10.5. The van der Waals surface area contributed by atoms with Crippen LogP contribution in [0.5, 0.6) is 5.75 Å². The third-order valence-electron chi connectivity index (χ3n) is 3.57. The third kappa shape index (κ3) is 2.27. The highest BCUT2D eigenvalue weighted by Gasteiger charge is 2.26. The number of carbonyl (C=O) groups is 1. The molecule has 1 aliphatic rings. The third-order valence-corrected chi connectivity index (χ3v) is 3.87. The molecule has 0 saturated carbocycles. The Morgan fingerprint density at radius 2 is 2.23 bits per heavy atom. The minimum absolute atomic E-state index is 0.164. The molecule has 0 radical (unpaired) electrons. The van der Waals surface area contributed by atoms with Crippen LogP contribution in [-0.2, 0) is 11.3 Å². The monoisotopic (exact) mass is 320 g/mol. The van der Waals surface area contributed by atoms with Gasteiger partial charge in [0.05, 0.1) is 22.8 Å². The number of anilines is 2. The molecule has 0 bridgehead atoms. The number of carbonyl (C=O) groups excluding carboxylic acids is 1. The van der Waals surface area contributed by atoms with Gasteiger partial charge in [0.15, 0.2) is 5.75 Å². The van der Waals surface area contributed by atoms with Crippen LogP contribution in [0.3, 0.4) is 0 Å². The Balaban J connectivity index is 1.89. The predicted molar refractivity (Wildman–Crippen MR) is 80.7 cm³/mol. The van der Waals surface area contributed by atoms with E-state index in [0.717, 1.165) is 5.70 Å². The summed E-state index contributed by atoms with van der Waals surface area (Å²) in [7, 11) is 1.78. The number of nitrogens with zero attached hydrogens (tertiary/aromatic N) is 5. The summed E-state index contributed by atoms with van der Waals surface area (Å²) in [6.45, 7) is 2.07. The first-order valence-corrected chi connectivity index (χ1v) is 6.85. The van der Waals surface area contributed by atoms with Gasteiger partial charge in [0.2, 0.25) is 5.95 Å². The molecule has 0 spiro atoms. The molecular formula is C13H13ClN6O2. The highest BCUT2D eigenvalue weighted by atomic mass is 35.5. The summed E-state index contributed by atoms with van der Waals surface area (Å²) in [5.74, 6) is 0.0609. The molecule has 8 nitrogen and oxygen atoms in total. The van der Waals surface area contributed by atoms with E-state index in [1.54, 1.807) is 30.1 Å². The average Bonchev–Trinajstić information content (AvgIpc) is 2.96. The smallest absolute Gasteiger partial charge is 0.255 e. The fourth-order valence-electron chi connectivity index (χ4n) is 2.21. The van der Waals surface area contributed by atoms with Crippen LogP contribution in [0, 0.1) is 0 Å². The molecule has 0 saturated heterocycles. The predicted octanol–water partition coefficient (Wildman–Crippen LogP) is 1.39. The van der Waals surface area contributed by atoms with E-state index in [4.69, 9.17) is 11.6 Å². The van der Waals surface area contributed by atoms with Crippen LogP contribution in [0.2, 0.25) is 5.02 Å². The van der Waals surface area contributed by atoms with Gasteiger partial charge in [-0.3, -0.25) is 4.79 Å². The van der Waals surface area contributed by atoms with E-state index in [0.29, 0.717) is 11.5 Å². The Morgan fingerprint density at radius 1 is 1.45 bits per heavy atom. The number of halogens is 1. The molecule has 0 atom stereocenters. The number of hydrogen-bond acceptors (Lipinski definition) is 6. The van der Waals surface area contributed by atoms with Crippen molar-refractivity contribution in [1.82, 2.24) is 20.2 Å². The van der Waals surface area contributed by atoms with Crippen LogP contribution >= 0.6 is 11.6 Å². The Hall–Kier alpha value is -2.61. The van der Waals surface area contributed by atoms with Gasteiger partial charge in [-0.25, -0.2) is 4.68 Å². The molecule has 1 amide bonds. The number of hydrogen-bond donors (Lipinski definition) is 2. The Labute approximate surface area is 131 Å². The van der Waals surface area contributed by atoms with Crippen molar-refractivity contribution in [2.24, 2.45) is 0 Å². The van der Waals surface area contributed by atoms with Crippen LogP contribution in [-0.4, -0.2) is 38.3 Å². The average molecular weight is 321 g/mol. The summed E-state index contributed by atoms with van der Waals surface area (Å²) < 4.78 is 1.53. The number of fused-ring (bicyclic) bond motifs is 1. The molecule has 22 heavy (non-hydrogen) atoms. The van der Waals surface area contributed by atoms with Gasteiger partial charge in [0.25, 0.3) is 5.91 Å². The number of benzene rings is 1. The van der Waals surface area contributed by atoms with Crippen molar-refractivity contribution < 1.29 is 9.90 Å². The van der Waals surface area contributed by atoms with Gasteiger partial charge in [-0.05, 0) is 29.5 Å². The van der Waals surface area contributed by atoms with E-state index in [1.165, 1.54) is 4.68 Å². The molecule has 3 rings (SSSR count). The van der Waals surface area contributed by atoms with Crippen molar-refractivity contribution in [3.63, 3.8) is 0 Å². The van der Waals surface area contributed by atoms with Gasteiger partial charge in [0.1, 0.15) is 0 Å². The van der Waals surface area contributed by atoms with E-state index in [9.17, 15) is 9.90 Å². The molecule has 114 valence electrons. The molecule has 0 aliphatic carbocycles. The van der Waals surface area contributed by atoms with Crippen molar-refractivity contribution >= 4 is 29.1 Å². The second-order valence-corrected chi connectivity index (χ2v) is 5.26. The van der Waals surface area contributed by atoms with Crippen LogP contribution in [0.4, 0.5) is 11.6 Å². The Bertz CT molecular complexity index is 785. The minimum atomic E-state index is -0.344. The molecule has 0 fully saturated rings. The second kappa shape index (κ2) is 5.30. The maximum Gasteiger partial charge on any atom is 0.255 e. The summed E-state index contributed by atoms with van der Waals surface area (Å²) in [5, 5.41) is 24.0. The highest BCUT2D eigenvalue weighted by Crippen LogP contribution is 2.32. The van der Waals surface area contributed by atoms with Gasteiger partial charge >= 0.3 is 0 Å². The number of para-hydroxylation sites is 1. The van der Waals surface area contributed by atoms with Crippen LogP contribution < -0.4 is 10.2 Å². The first-order valence-electron chi connectivity index (χ1n) is 6.47. The molecule has 1 aromatic heterocycles. The highest BCUT2D eigenvalue weighted by molar-refractivity contribution is 6.32. The summed E-state index contributed by atoms with van der Waals surface area (Å²) >= 11 is 5.83.